The number of likely N-dealkylation sites (tertiary alicyclic amines) is 1. The number of aromatic nitrogens is 1. The number of methoxy groups -OCH3 is 1. The summed E-state index contributed by atoms with van der Waals surface area (Å²) in [6.07, 6.45) is 2.94. The first-order chi connectivity index (χ1) is 17.0. The van der Waals surface area contributed by atoms with E-state index in [4.69, 9.17) is 28.3 Å². The van der Waals surface area contributed by atoms with Crippen molar-refractivity contribution in [1.29, 1.82) is 0 Å². The molecule has 1 aliphatic heterocycles. The zero-order valence-corrected chi connectivity index (χ0v) is 21.3. The molecular weight excluding hydrogens is 469 g/mol. The van der Waals surface area contributed by atoms with Gasteiger partial charge in [0, 0.05) is 35.0 Å². The molecule has 1 aliphatic rings. The standard InChI is InChI=1S/C25H27B3N4O3S/c1-35-24-16-19(36(2,33)34)8-9-23(24)29-12-4-5-18-15-20-21(6-3-7-22(20)31-18)30-17-10-13-32(14-11-17)25(26,27)28/h3,6-9,15-17,29-31H,10-14H2,1-2H3. The van der Waals surface area contributed by atoms with Crippen LogP contribution in [0.15, 0.2) is 47.4 Å². The van der Waals surface area contributed by atoms with Crippen molar-refractivity contribution in [2.75, 3.05) is 43.6 Å². The Balaban J connectivity index is 1.41. The molecule has 11 heteroatoms. The molecule has 180 valence electrons. The highest BCUT2D eigenvalue weighted by atomic mass is 32.2. The summed E-state index contributed by atoms with van der Waals surface area (Å²) >= 11 is 0. The molecule has 0 spiro atoms. The summed E-state index contributed by atoms with van der Waals surface area (Å²) in [7, 11) is 15.6. The number of sulfone groups is 1. The molecule has 1 saturated heterocycles. The summed E-state index contributed by atoms with van der Waals surface area (Å²) in [5.74, 6) is 6.70. The van der Waals surface area contributed by atoms with Gasteiger partial charge in [-0.3, -0.25) is 0 Å². The number of benzene rings is 2. The molecule has 1 fully saturated rings. The number of piperidine rings is 1. The Morgan fingerprint density at radius 2 is 1.89 bits per heavy atom. The van der Waals surface area contributed by atoms with Crippen molar-refractivity contribution < 1.29 is 13.2 Å². The number of H-pyrrole nitrogens is 1. The van der Waals surface area contributed by atoms with Gasteiger partial charge in [0.25, 0.3) is 0 Å². The van der Waals surface area contributed by atoms with Crippen LogP contribution in [-0.4, -0.2) is 86.1 Å². The summed E-state index contributed by atoms with van der Waals surface area (Å²) in [5.41, 5.74) is 3.51. The number of fused-ring (bicyclic) bond motifs is 1. The van der Waals surface area contributed by atoms with E-state index in [2.05, 4.69) is 33.5 Å². The topological polar surface area (TPSA) is 86.5 Å². The van der Waals surface area contributed by atoms with Gasteiger partial charge < -0.3 is 25.3 Å². The molecule has 4 rings (SSSR count). The number of anilines is 2. The average Bonchev–Trinajstić information content (AvgIpc) is 3.25. The van der Waals surface area contributed by atoms with Gasteiger partial charge in [-0.1, -0.05) is 17.2 Å². The molecule has 3 aromatic rings. The summed E-state index contributed by atoms with van der Waals surface area (Å²) in [5, 5.41) is 6.61. The maximum Gasteiger partial charge on any atom is 0.175 e. The van der Waals surface area contributed by atoms with E-state index in [0.717, 1.165) is 54.5 Å². The molecule has 1 aromatic heterocycles. The number of nitrogens with zero attached hydrogens (tertiary/aromatic N) is 1. The third-order valence-electron chi connectivity index (χ3n) is 6.26. The first-order valence-electron chi connectivity index (χ1n) is 11.7. The maximum absolute atomic E-state index is 11.8. The van der Waals surface area contributed by atoms with Crippen LogP contribution in [0.3, 0.4) is 0 Å². The van der Waals surface area contributed by atoms with Gasteiger partial charge in [-0.15, -0.1) is 0 Å². The van der Waals surface area contributed by atoms with Crippen molar-refractivity contribution in [3.63, 3.8) is 0 Å². The average molecular weight is 496 g/mol. The van der Waals surface area contributed by atoms with Crippen LogP contribution >= 0.6 is 0 Å². The van der Waals surface area contributed by atoms with E-state index in [1.807, 2.05) is 23.1 Å². The Morgan fingerprint density at radius 1 is 1.14 bits per heavy atom. The van der Waals surface area contributed by atoms with Crippen LogP contribution in [0, 0.1) is 11.8 Å². The minimum absolute atomic E-state index is 0.204. The number of rotatable bonds is 7. The quantitative estimate of drug-likeness (QED) is 0.343. The number of aromatic amines is 1. The van der Waals surface area contributed by atoms with Gasteiger partial charge in [-0.05, 0) is 62.2 Å². The van der Waals surface area contributed by atoms with E-state index in [0.29, 0.717) is 24.0 Å². The molecule has 2 heterocycles. The molecule has 3 N–H and O–H groups in total. The molecule has 0 aliphatic carbocycles. The Morgan fingerprint density at radius 3 is 2.56 bits per heavy atom. The van der Waals surface area contributed by atoms with E-state index in [-0.39, 0.29) is 4.90 Å². The van der Waals surface area contributed by atoms with Crippen molar-refractivity contribution in [3.8, 4) is 17.6 Å². The Hall–Kier alpha value is -2.96. The zero-order valence-electron chi connectivity index (χ0n) is 20.5. The highest BCUT2D eigenvalue weighted by Crippen LogP contribution is 2.28. The van der Waals surface area contributed by atoms with Crippen LogP contribution in [0.25, 0.3) is 10.9 Å². The van der Waals surface area contributed by atoms with Gasteiger partial charge in [-0.2, -0.15) is 0 Å². The maximum atomic E-state index is 11.8. The summed E-state index contributed by atoms with van der Waals surface area (Å²) in [6.45, 7) is 1.82. The van der Waals surface area contributed by atoms with Crippen molar-refractivity contribution in [2.24, 2.45) is 0 Å². The lowest BCUT2D eigenvalue weighted by atomic mass is 9.48. The SMILES string of the molecule is [B]C([B])([B])N1CCC(Nc2cccc3[nH]c(C#CCNc4ccc(S(C)(=O)=O)cc4OC)cc23)CC1. The van der Waals surface area contributed by atoms with Gasteiger partial charge in [0.05, 0.1) is 53.5 Å². The number of hydrogen-bond acceptors (Lipinski definition) is 6. The summed E-state index contributed by atoms with van der Waals surface area (Å²) in [6, 6.07) is 13.1. The second kappa shape index (κ2) is 10.6. The third kappa shape index (κ3) is 6.23. The molecular formula is C25H27B3N4O3S. The number of hydrogen-bond donors (Lipinski definition) is 3. The van der Waals surface area contributed by atoms with Crippen molar-refractivity contribution in [2.45, 2.75) is 29.0 Å². The predicted molar refractivity (Wildman–Crippen MR) is 148 cm³/mol. The lowest BCUT2D eigenvalue weighted by Crippen LogP contribution is -2.55. The molecule has 0 bridgehead atoms. The number of ether oxygens (including phenoxy) is 1. The Bertz CT molecular complexity index is 1400. The highest BCUT2D eigenvalue weighted by Gasteiger charge is 2.26. The predicted octanol–water partition coefficient (Wildman–Crippen LogP) is 2.04. The van der Waals surface area contributed by atoms with Crippen molar-refractivity contribution >= 4 is 55.7 Å². The normalized spacial score (nSPS) is 15.3. The smallest absolute Gasteiger partial charge is 0.175 e. The van der Waals surface area contributed by atoms with Crippen LogP contribution in [-0.2, 0) is 9.84 Å². The highest BCUT2D eigenvalue weighted by molar-refractivity contribution is 7.90. The van der Waals surface area contributed by atoms with Crippen LogP contribution in [0.2, 0.25) is 0 Å². The second-order valence-electron chi connectivity index (χ2n) is 9.03. The minimum atomic E-state index is -3.31. The van der Waals surface area contributed by atoms with Crippen molar-refractivity contribution in [1.82, 2.24) is 9.88 Å². The molecule has 0 amide bonds. The monoisotopic (exact) mass is 496 g/mol. The van der Waals surface area contributed by atoms with Gasteiger partial charge in [0.1, 0.15) is 5.75 Å². The minimum Gasteiger partial charge on any atom is -0.495 e. The van der Waals surface area contributed by atoms with Crippen LogP contribution in [0.5, 0.6) is 5.75 Å². The molecule has 2 aromatic carbocycles. The van der Waals surface area contributed by atoms with E-state index in [9.17, 15) is 8.42 Å². The first-order valence-corrected chi connectivity index (χ1v) is 13.5. The van der Waals surface area contributed by atoms with Gasteiger partial charge >= 0.3 is 0 Å². The molecule has 0 unspecified atom stereocenters. The van der Waals surface area contributed by atoms with Gasteiger partial charge in [0.2, 0.25) is 0 Å². The van der Waals surface area contributed by atoms with Gasteiger partial charge in [0.15, 0.2) is 9.84 Å². The fraction of sp³-hybridized carbons (Fsp3) is 0.360. The Kier molecular flexibility index (Phi) is 7.67. The van der Waals surface area contributed by atoms with Crippen LogP contribution < -0.4 is 15.4 Å². The second-order valence-corrected chi connectivity index (χ2v) is 11.0. The molecule has 6 radical (unpaired) electrons. The molecule has 0 atom stereocenters. The lowest BCUT2D eigenvalue weighted by molar-refractivity contribution is 0.217. The van der Waals surface area contributed by atoms with E-state index >= 15 is 0 Å². The molecule has 0 saturated carbocycles. The largest absolute Gasteiger partial charge is 0.495 e. The van der Waals surface area contributed by atoms with Gasteiger partial charge in [-0.25, -0.2) is 8.42 Å². The van der Waals surface area contributed by atoms with E-state index in [1.165, 1.54) is 13.2 Å². The fourth-order valence-electron chi connectivity index (χ4n) is 4.31. The fourth-order valence-corrected chi connectivity index (χ4v) is 4.94. The number of nitrogens with one attached hydrogen (secondary N) is 3. The summed E-state index contributed by atoms with van der Waals surface area (Å²) < 4.78 is 28.9. The lowest BCUT2D eigenvalue weighted by Gasteiger charge is -2.42. The van der Waals surface area contributed by atoms with E-state index in [1.54, 1.807) is 12.1 Å². The van der Waals surface area contributed by atoms with Crippen LogP contribution in [0.4, 0.5) is 11.4 Å². The van der Waals surface area contributed by atoms with Crippen LogP contribution in [0.1, 0.15) is 18.5 Å². The Labute approximate surface area is 216 Å². The summed E-state index contributed by atoms with van der Waals surface area (Å²) in [4.78, 5) is 5.45. The zero-order chi connectivity index (χ0) is 25.9. The molecule has 36 heavy (non-hydrogen) atoms. The molecule has 7 nitrogen and oxygen atoms in total. The van der Waals surface area contributed by atoms with Crippen molar-refractivity contribution in [3.05, 3.63) is 48.2 Å². The van der Waals surface area contributed by atoms with E-state index < -0.39 is 15.1 Å². The third-order valence-corrected chi connectivity index (χ3v) is 7.37. The first kappa shape index (κ1) is 26.1.